The number of hydrogen-bond acceptors (Lipinski definition) is 1. The summed E-state index contributed by atoms with van der Waals surface area (Å²) in [6.45, 7) is 2.13. The quantitative estimate of drug-likeness (QED) is 0.672. The number of aliphatic hydroxyl groups is 1. The molecule has 1 heteroatoms. The summed E-state index contributed by atoms with van der Waals surface area (Å²) in [5.74, 6) is 0. The van der Waals surface area contributed by atoms with Crippen LogP contribution in [0.5, 0.6) is 0 Å². The predicted octanol–water partition coefficient (Wildman–Crippen LogP) is 4.99. The number of allylic oxidation sites excluding steroid dienone is 1. The third kappa shape index (κ3) is 6.88. The largest absolute Gasteiger partial charge is 0.386 e. The van der Waals surface area contributed by atoms with Gasteiger partial charge in [-0.05, 0) is 19.3 Å². The molecule has 0 aromatic heterocycles. The normalized spacial score (nSPS) is 24.1. The van der Waals surface area contributed by atoms with Crippen LogP contribution in [-0.4, -0.2) is 10.7 Å². The summed E-state index contributed by atoms with van der Waals surface area (Å²) in [7, 11) is 0. The van der Waals surface area contributed by atoms with E-state index in [1.807, 2.05) is 0 Å². The highest BCUT2D eigenvalue weighted by Crippen LogP contribution is 2.26. The lowest BCUT2D eigenvalue weighted by Crippen LogP contribution is -2.25. The van der Waals surface area contributed by atoms with E-state index in [1.54, 1.807) is 0 Å². The van der Waals surface area contributed by atoms with Gasteiger partial charge < -0.3 is 5.11 Å². The molecular weight excluding hydrogens is 208 g/mol. The second-order valence-electron chi connectivity index (χ2n) is 5.60. The van der Waals surface area contributed by atoms with Gasteiger partial charge in [-0.2, -0.15) is 0 Å². The van der Waals surface area contributed by atoms with Crippen LogP contribution in [0.4, 0.5) is 0 Å². The fourth-order valence-corrected chi connectivity index (χ4v) is 2.73. The molecule has 0 saturated heterocycles. The highest BCUT2D eigenvalue weighted by molar-refractivity contribution is 5.00. The summed E-state index contributed by atoms with van der Waals surface area (Å²) in [6, 6.07) is 0. The van der Waals surface area contributed by atoms with Gasteiger partial charge in [0.25, 0.3) is 0 Å². The highest BCUT2D eigenvalue weighted by atomic mass is 16.3. The number of rotatable bonds is 2. The van der Waals surface area contributed by atoms with E-state index in [1.165, 1.54) is 57.8 Å². The molecule has 1 N–H and O–H groups in total. The Balaban J connectivity index is 2.44. The van der Waals surface area contributed by atoms with Crippen molar-refractivity contribution in [1.82, 2.24) is 0 Å². The van der Waals surface area contributed by atoms with Gasteiger partial charge in [-0.15, -0.1) is 0 Å². The van der Waals surface area contributed by atoms with Crippen LogP contribution in [0.3, 0.4) is 0 Å². The Hall–Kier alpha value is -0.300. The van der Waals surface area contributed by atoms with Crippen molar-refractivity contribution in [3.63, 3.8) is 0 Å². The monoisotopic (exact) mass is 238 g/mol. The lowest BCUT2D eigenvalue weighted by Gasteiger charge is -2.25. The molecule has 0 aromatic carbocycles. The van der Waals surface area contributed by atoms with Crippen LogP contribution in [0.15, 0.2) is 12.2 Å². The molecule has 0 aromatic rings. The van der Waals surface area contributed by atoms with Crippen LogP contribution in [0.25, 0.3) is 0 Å². The first-order valence-corrected chi connectivity index (χ1v) is 7.67. The summed E-state index contributed by atoms with van der Waals surface area (Å²) in [5, 5.41) is 10.6. The van der Waals surface area contributed by atoms with E-state index in [2.05, 4.69) is 19.1 Å². The van der Waals surface area contributed by atoms with Crippen molar-refractivity contribution in [2.24, 2.45) is 0 Å². The SMILES string of the molecule is CCC=CC1(O)CCCCCCCCCCC1. The third-order valence-corrected chi connectivity index (χ3v) is 3.88. The molecule has 0 atom stereocenters. The van der Waals surface area contributed by atoms with E-state index in [0.29, 0.717) is 0 Å². The van der Waals surface area contributed by atoms with Gasteiger partial charge in [0.15, 0.2) is 0 Å². The van der Waals surface area contributed by atoms with Crippen LogP contribution in [0.2, 0.25) is 0 Å². The van der Waals surface area contributed by atoms with Crippen LogP contribution in [0, 0.1) is 0 Å². The van der Waals surface area contributed by atoms with Gasteiger partial charge in [0, 0.05) is 0 Å². The highest BCUT2D eigenvalue weighted by Gasteiger charge is 2.22. The molecule has 1 fully saturated rings. The van der Waals surface area contributed by atoms with Crippen LogP contribution >= 0.6 is 0 Å². The standard InChI is InChI=1S/C16H30O/c1-2-3-13-16(17)14-11-9-7-5-4-6-8-10-12-15-16/h3,13,17H,2,4-12,14-15H2,1H3. The maximum Gasteiger partial charge on any atom is 0.0827 e. The maximum atomic E-state index is 10.6. The molecule has 0 heterocycles. The Morgan fingerprint density at radius 1 is 0.824 bits per heavy atom. The topological polar surface area (TPSA) is 20.2 Å². The number of hydrogen-bond donors (Lipinski definition) is 1. The molecule has 1 saturated carbocycles. The van der Waals surface area contributed by atoms with Gasteiger partial charge in [0.05, 0.1) is 5.60 Å². The van der Waals surface area contributed by atoms with Crippen LogP contribution in [0.1, 0.15) is 84.0 Å². The molecule has 17 heavy (non-hydrogen) atoms. The summed E-state index contributed by atoms with van der Waals surface area (Å²) >= 11 is 0. The summed E-state index contributed by atoms with van der Waals surface area (Å²) in [4.78, 5) is 0. The second-order valence-corrected chi connectivity index (χ2v) is 5.60. The average molecular weight is 238 g/mol. The van der Waals surface area contributed by atoms with Gasteiger partial charge >= 0.3 is 0 Å². The molecule has 0 unspecified atom stereocenters. The molecule has 0 aliphatic heterocycles. The van der Waals surface area contributed by atoms with E-state index < -0.39 is 5.60 Å². The molecule has 0 radical (unpaired) electrons. The Morgan fingerprint density at radius 2 is 1.24 bits per heavy atom. The second kappa shape index (κ2) is 8.74. The Morgan fingerprint density at radius 3 is 1.65 bits per heavy atom. The molecule has 1 aliphatic carbocycles. The van der Waals surface area contributed by atoms with Crippen molar-refractivity contribution in [3.05, 3.63) is 12.2 Å². The molecule has 0 amide bonds. The van der Waals surface area contributed by atoms with E-state index >= 15 is 0 Å². The van der Waals surface area contributed by atoms with Crippen molar-refractivity contribution in [2.45, 2.75) is 89.6 Å². The van der Waals surface area contributed by atoms with Gasteiger partial charge in [-0.1, -0.05) is 76.9 Å². The molecule has 1 nitrogen and oxygen atoms in total. The molecule has 1 rings (SSSR count). The Labute approximate surface area is 107 Å². The van der Waals surface area contributed by atoms with Crippen molar-refractivity contribution in [2.75, 3.05) is 0 Å². The molecule has 0 bridgehead atoms. The average Bonchev–Trinajstić information content (AvgIpc) is 2.32. The van der Waals surface area contributed by atoms with E-state index in [-0.39, 0.29) is 0 Å². The first-order chi connectivity index (χ1) is 8.27. The minimum absolute atomic E-state index is 0.505. The maximum absolute atomic E-state index is 10.6. The summed E-state index contributed by atoms with van der Waals surface area (Å²) in [6.07, 6.45) is 19.0. The van der Waals surface area contributed by atoms with E-state index in [4.69, 9.17) is 0 Å². The zero-order valence-electron chi connectivity index (χ0n) is 11.6. The fourth-order valence-electron chi connectivity index (χ4n) is 2.73. The summed E-state index contributed by atoms with van der Waals surface area (Å²) < 4.78 is 0. The minimum atomic E-state index is -0.505. The van der Waals surface area contributed by atoms with E-state index in [0.717, 1.165) is 19.3 Å². The fraction of sp³-hybridized carbons (Fsp3) is 0.875. The van der Waals surface area contributed by atoms with E-state index in [9.17, 15) is 5.11 Å². The first-order valence-electron chi connectivity index (χ1n) is 7.67. The van der Waals surface area contributed by atoms with Crippen molar-refractivity contribution in [1.29, 1.82) is 0 Å². The molecule has 100 valence electrons. The lowest BCUT2D eigenvalue weighted by atomic mass is 9.88. The molecule has 1 aliphatic rings. The molecule has 0 spiro atoms. The zero-order chi connectivity index (χ0) is 12.4. The van der Waals surface area contributed by atoms with Crippen molar-refractivity contribution in [3.8, 4) is 0 Å². The Bertz CT molecular complexity index is 196. The van der Waals surface area contributed by atoms with Crippen molar-refractivity contribution < 1.29 is 5.11 Å². The van der Waals surface area contributed by atoms with Gasteiger partial charge in [-0.3, -0.25) is 0 Å². The predicted molar refractivity (Wildman–Crippen MR) is 75.2 cm³/mol. The summed E-state index contributed by atoms with van der Waals surface area (Å²) in [5.41, 5.74) is -0.505. The van der Waals surface area contributed by atoms with Crippen LogP contribution < -0.4 is 0 Å². The Kier molecular flexibility index (Phi) is 7.59. The minimum Gasteiger partial charge on any atom is -0.386 e. The first kappa shape index (κ1) is 14.8. The van der Waals surface area contributed by atoms with Crippen LogP contribution in [-0.2, 0) is 0 Å². The lowest BCUT2D eigenvalue weighted by molar-refractivity contribution is 0.0657. The van der Waals surface area contributed by atoms with Gasteiger partial charge in [0.1, 0.15) is 0 Å². The van der Waals surface area contributed by atoms with Gasteiger partial charge in [-0.25, -0.2) is 0 Å². The third-order valence-electron chi connectivity index (χ3n) is 3.88. The zero-order valence-corrected chi connectivity index (χ0v) is 11.6. The van der Waals surface area contributed by atoms with Gasteiger partial charge in [0.2, 0.25) is 0 Å². The molecular formula is C16H30O. The smallest absolute Gasteiger partial charge is 0.0827 e. The van der Waals surface area contributed by atoms with Crippen molar-refractivity contribution >= 4 is 0 Å².